The fraction of sp³-hybridized carbons (Fsp3) is 0.778. The van der Waals surface area contributed by atoms with Crippen LogP contribution in [0.1, 0.15) is 25.7 Å². The third-order valence-corrected chi connectivity index (χ3v) is 2.80. The number of amides is 1. The predicted molar refractivity (Wildman–Crippen MR) is 47.9 cm³/mol. The quantitative estimate of drug-likeness (QED) is 0.748. The number of carbonyl (C=O) groups is 2. The molecule has 0 aromatic carbocycles. The van der Waals surface area contributed by atoms with Gasteiger partial charge in [0.15, 0.2) is 0 Å². The molecule has 8 heteroatoms. The van der Waals surface area contributed by atoms with Crippen LogP contribution in [0.25, 0.3) is 0 Å². The Labute approximate surface area is 94.0 Å². The number of rotatable bonds is 4. The number of hydrogen-bond acceptors (Lipinski definition) is 2. The van der Waals surface area contributed by atoms with E-state index in [1.165, 1.54) is 0 Å². The number of alkyl halides is 4. The summed E-state index contributed by atoms with van der Waals surface area (Å²) in [5, 5.41) is 10.4. The second-order valence-corrected chi connectivity index (χ2v) is 3.97. The Morgan fingerprint density at radius 1 is 1.24 bits per heavy atom. The van der Waals surface area contributed by atoms with E-state index >= 15 is 0 Å². The van der Waals surface area contributed by atoms with Crippen molar-refractivity contribution in [2.75, 3.05) is 0 Å². The summed E-state index contributed by atoms with van der Waals surface area (Å²) in [6.45, 7) is 0. The first-order valence-electron chi connectivity index (χ1n) is 4.94. The van der Waals surface area contributed by atoms with Crippen LogP contribution >= 0.6 is 0 Å². The normalized spacial score (nSPS) is 19.4. The lowest BCUT2D eigenvalue weighted by Crippen LogP contribution is -2.58. The van der Waals surface area contributed by atoms with Crippen LogP contribution in [0, 0.1) is 0 Å². The molecule has 1 amide bonds. The van der Waals surface area contributed by atoms with E-state index < -0.39 is 29.8 Å². The average Bonchev–Trinajstić information content (AvgIpc) is 2.67. The second kappa shape index (κ2) is 4.50. The number of carboxylic acid groups (broad SMARTS) is 1. The molecular weight excluding hydrogens is 246 g/mol. The molecule has 0 radical (unpaired) electrons. The molecule has 1 rings (SSSR count). The van der Waals surface area contributed by atoms with Gasteiger partial charge in [0.1, 0.15) is 5.54 Å². The molecule has 1 fully saturated rings. The lowest BCUT2D eigenvalue weighted by Gasteiger charge is -2.27. The van der Waals surface area contributed by atoms with Gasteiger partial charge in [0, 0.05) is 0 Å². The summed E-state index contributed by atoms with van der Waals surface area (Å²) in [4.78, 5) is 21.9. The summed E-state index contributed by atoms with van der Waals surface area (Å²) in [6, 6.07) is 0. The fourth-order valence-corrected chi connectivity index (χ4v) is 1.77. The summed E-state index contributed by atoms with van der Waals surface area (Å²) in [6.07, 6.45) is -3.35. The van der Waals surface area contributed by atoms with Gasteiger partial charge < -0.3 is 10.4 Å². The van der Waals surface area contributed by atoms with Gasteiger partial charge in [-0.3, -0.25) is 4.79 Å². The van der Waals surface area contributed by atoms with Crippen molar-refractivity contribution in [3.8, 4) is 0 Å². The number of carbonyl (C=O) groups excluding carboxylic acids is 1. The minimum Gasteiger partial charge on any atom is -0.480 e. The van der Waals surface area contributed by atoms with Crippen molar-refractivity contribution in [2.45, 2.75) is 43.6 Å². The summed E-state index contributed by atoms with van der Waals surface area (Å²) >= 11 is 0. The highest BCUT2D eigenvalue weighted by molar-refractivity contribution is 5.91. The molecule has 0 bridgehead atoms. The molecule has 17 heavy (non-hydrogen) atoms. The lowest BCUT2D eigenvalue weighted by molar-refractivity contribution is -0.173. The van der Waals surface area contributed by atoms with E-state index in [9.17, 15) is 27.2 Å². The molecule has 2 N–H and O–H groups in total. The summed E-state index contributed by atoms with van der Waals surface area (Å²) < 4.78 is 49.2. The predicted octanol–water partition coefficient (Wildman–Crippen LogP) is 1.40. The Morgan fingerprint density at radius 2 is 1.71 bits per heavy atom. The maximum Gasteiger partial charge on any atom is 0.383 e. The minimum absolute atomic E-state index is 0.0343. The Morgan fingerprint density at radius 3 is 2.06 bits per heavy atom. The van der Waals surface area contributed by atoms with E-state index in [1.807, 2.05) is 0 Å². The zero-order valence-electron chi connectivity index (χ0n) is 8.68. The van der Waals surface area contributed by atoms with Gasteiger partial charge in [-0.25, -0.2) is 13.6 Å². The lowest BCUT2D eigenvalue weighted by atomic mass is 9.97. The molecule has 98 valence electrons. The van der Waals surface area contributed by atoms with E-state index in [2.05, 4.69) is 0 Å². The molecule has 0 atom stereocenters. The standard InChI is InChI=1S/C9H11F4NO3/c10-5(11)9(12,13)6(15)14-8(7(16)17)3-1-2-4-8/h5H,1-4H2,(H,14,15)(H,16,17). The Kier molecular flexibility index (Phi) is 3.63. The number of carboxylic acids is 1. The molecule has 1 saturated carbocycles. The van der Waals surface area contributed by atoms with E-state index in [0.29, 0.717) is 12.8 Å². The SMILES string of the molecule is O=C(O)C1(NC(=O)C(F)(F)C(F)F)CCCC1. The third kappa shape index (κ3) is 2.50. The summed E-state index contributed by atoms with van der Waals surface area (Å²) in [5.74, 6) is -8.59. The summed E-state index contributed by atoms with van der Waals surface area (Å²) in [7, 11) is 0. The number of aliphatic carboxylic acids is 1. The zero-order chi connectivity index (χ0) is 13.3. The molecule has 0 saturated heterocycles. The first kappa shape index (κ1) is 13.7. The monoisotopic (exact) mass is 257 g/mol. The van der Waals surface area contributed by atoms with Crippen molar-refractivity contribution in [1.29, 1.82) is 0 Å². The van der Waals surface area contributed by atoms with Gasteiger partial charge in [0.05, 0.1) is 0 Å². The van der Waals surface area contributed by atoms with E-state index in [1.54, 1.807) is 5.32 Å². The highest BCUT2D eigenvalue weighted by Crippen LogP contribution is 2.32. The fourth-order valence-electron chi connectivity index (χ4n) is 1.77. The van der Waals surface area contributed by atoms with Crippen molar-refractivity contribution in [2.24, 2.45) is 0 Å². The Bertz CT molecular complexity index is 326. The second-order valence-electron chi connectivity index (χ2n) is 3.97. The highest BCUT2D eigenvalue weighted by atomic mass is 19.3. The van der Waals surface area contributed by atoms with Crippen LogP contribution in [0.15, 0.2) is 0 Å². The van der Waals surface area contributed by atoms with Crippen LogP contribution in [-0.4, -0.2) is 34.9 Å². The zero-order valence-corrected chi connectivity index (χ0v) is 8.68. The Hall–Kier alpha value is -1.34. The minimum atomic E-state index is -4.87. The van der Waals surface area contributed by atoms with Crippen LogP contribution in [-0.2, 0) is 9.59 Å². The average molecular weight is 257 g/mol. The smallest absolute Gasteiger partial charge is 0.383 e. The molecule has 0 spiro atoms. The van der Waals surface area contributed by atoms with Gasteiger partial charge in [-0.1, -0.05) is 12.8 Å². The molecule has 1 aliphatic carbocycles. The highest BCUT2D eigenvalue weighted by Gasteiger charge is 2.53. The van der Waals surface area contributed by atoms with Crippen molar-refractivity contribution >= 4 is 11.9 Å². The van der Waals surface area contributed by atoms with Crippen LogP contribution in [0.2, 0.25) is 0 Å². The van der Waals surface area contributed by atoms with Gasteiger partial charge >= 0.3 is 18.3 Å². The maximum atomic E-state index is 12.7. The molecule has 0 aromatic rings. The molecule has 4 nitrogen and oxygen atoms in total. The van der Waals surface area contributed by atoms with Crippen molar-refractivity contribution in [3.63, 3.8) is 0 Å². The van der Waals surface area contributed by atoms with Gasteiger partial charge in [-0.05, 0) is 12.8 Å². The topological polar surface area (TPSA) is 66.4 Å². The molecule has 0 aliphatic heterocycles. The molecular formula is C9H11F4NO3. The van der Waals surface area contributed by atoms with Crippen LogP contribution < -0.4 is 5.32 Å². The van der Waals surface area contributed by atoms with Crippen LogP contribution in [0.4, 0.5) is 17.6 Å². The third-order valence-electron chi connectivity index (χ3n) is 2.80. The molecule has 0 aromatic heterocycles. The number of nitrogens with one attached hydrogen (secondary N) is 1. The van der Waals surface area contributed by atoms with Crippen LogP contribution in [0.3, 0.4) is 0 Å². The van der Waals surface area contributed by atoms with E-state index in [-0.39, 0.29) is 12.8 Å². The van der Waals surface area contributed by atoms with Gasteiger partial charge in [0.25, 0.3) is 5.91 Å². The molecule has 0 heterocycles. The first-order valence-corrected chi connectivity index (χ1v) is 4.94. The van der Waals surface area contributed by atoms with Gasteiger partial charge in [-0.15, -0.1) is 0 Å². The number of halogens is 4. The van der Waals surface area contributed by atoms with Crippen molar-refractivity contribution in [3.05, 3.63) is 0 Å². The van der Waals surface area contributed by atoms with Crippen molar-refractivity contribution in [1.82, 2.24) is 5.32 Å². The van der Waals surface area contributed by atoms with E-state index in [4.69, 9.17) is 5.11 Å². The Balaban J connectivity index is 2.82. The summed E-state index contributed by atoms with van der Waals surface area (Å²) in [5.41, 5.74) is -1.84. The maximum absolute atomic E-state index is 12.7. The molecule has 0 unspecified atom stereocenters. The van der Waals surface area contributed by atoms with Gasteiger partial charge in [0.2, 0.25) is 0 Å². The molecule has 1 aliphatic rings. The number of hydrogen-bond donors (Lipinski definition) is 2. The van der Waals surface area contributed by atoms with Crippen LogP contribution in [0.5, 0.6) is 0 Å². The van der Waals surface area contributed by atoms with E-state index in [0.717, 1.165) is 0 Å². The largest absolute Gasteiger partial charge is 0.480 e. The van der Waals surface area contributed by atoms with Gasteiger partial charge in [-0.2, -0.15) is 8.78 Å². The van der Waals surface area contributed by atoms with Crippen molar-refractivity contribution < 1.29 is 32.3 Å². The first-order chi connectivity index (χ1) is 7.72.